The number of carbonyl (C=O) groups excluding carboxylic acids is 1. The second-order valence-electron chi connectivity index (χ2n) is 7.06. The molecule has 1 atom stereocenters. The number of likely N-dealkylation sites (tertiary alicyclic amines) is 1. The number of nitrogens with zero attached hydrogens (tertiary/aromatic N) is 2. The molecule has 0 bridgehead atoms. The first-order valence-electron chi connectivity index (χ1n) is 9.10. The summed E-state index contributed by atoms with van der Waals surface area (Å²) >= 11 is 0. The van der Waals surface area contributed by atoms with Crippen LogP contribution in [0.15, 0.2) is 42.5 Å². The van der Waals surface area contributed by atoms with E-state index in [0.717, 1.165) is 44.0 Å². The van der Waals surface area contributed by atoms with Gasteiger partial charge in [0, 0.05) is 36.6 Å². The molecule has 0 radical (unpaired) electrons. The number of carbonyl (C=O) groups is 1. The molecular weight excluding hydrogens is 310 g/mol. The van der Waals surface area contributed by atoms with Crippen molar-refractivity contribution in [2.75, 3.05) is 19.6 Å². The van der Waals surface area contributed by atoms with Crippen LogP contribution in [0.4, 0.5) is 0 Å². The minimum atomic E-state index is 0.00717. The maximum Gasteiger partial charge on any atom is 0.251 e. The summed E-state index contributed by atoms with van der Waals surface area (Å²) in [6, 6.07) is 14.3. The maximum atomic E-state index is 12.3. The Kier molecular flexibility index (Phi) is 5.82. The van der Waals surface area contributed by atoms with Crippen molar-refractivity contribution in [2.45, 2.75) is 33.2 Å². The van der Waals surface area contributed by atoms with Gasteiger partial charge >= 0.3 is 0 Å². The van der Waals surface area contributed by atoms with Crippen molar-refractivity contribution in [3.63, 3.8) is 0 Å². The lowest BCUT2D eigenvalue weighted by Gasteiger charge is -2.16. The van der Waals surface area contributed by atoms with Gasteiger partial charge in [0.25, 0.3) is 5.91 Å². The molecular formula is C21H27N3O. The molecule has 1 aliphatic rings. The molecule has 0 unspecified atom stereocenters. The van der Waals surface area contributed by atoms with Crippen LogP contribution in [0.5, 0.6) is 0 Å². The second-order valence-corrected chi connectivity index (χ2v) is 7.06. The van der Waals surface area contributed by atoms with Crippen molar-refractivity contribution in [2.24, 2.45) is 5.92 Å². The lowest BCUT2D eigenvalue weighted by molar-refractivity contribution is 0.0951. The highest BCUT2D eigenvalue weighted by molar-refractivity contribution is 5.94. The van der Waals surface area contributed by atoms with E-state index < -0.39 is 0 Å². The monoisotopic (exact) mass is 337 g/mol. The third-order valence-electron chi connectivity index (χ3n) is 4.80. The number of amides is 1. The van der Waals surface area contributed by atoms with Crippen LogP contribution in [0.3, 0.4) is 0 Å². The van der Waals surface area contributed by atoms with E-state index in [0.29, 0.717) is 11.5 Å². The van der Waals surface area contributed by atoms with Crippen molar-refractivity contribution in [1.29, 1.82) is 0 Å². The fraction of sp³-hybridized carbons (Fsp3) is 0.429. The Labute approximate surface area is 150 Å². The van der Waals surface area contributed by atoms with Gasteiger partial charge in [-0.1, -0.05) is 30.3 Å². The molecule has 3 rings (SSSR count). The van der Waals surface area contributed by atoms with Crippen LogP contribution in [0, 0.1) is 19.8 Å². The highest BCUT2D eigenvalue weighted by Gasteiger charge is 2.22. The molecule has 1 aromatic heterocycles. The maximum absolute atomic E-state index is 12.3. The van der Waals surface area contributed by atoms with Gasteiger partial charge < -0.3 is 5.32 Å². The third-order valence-corrected chi connectivity index (χ3v) is 4.80. The number of aromatic nitrogens is 1. The van der Waals surface area contributed by atoms with Crippen molar-refractivity contribution >= 4 is 5.91 Å². The summed E-state index contributed by atoms with van der Waals surface area (Å²) in [6.07, 6.45) is 2.26. The van der Waals surface area contributed by atoms with E-state index in [1.54, 1.807) is 0 Å². The predicted octanol–water partition coefficient (Wildman–Crippen LogP) is 3.34. The smallest absolute Gasteiger partial charge is 0.251 e. The quantitative estimate of drug-likeness (QED) is 0.879. The minimum Gasteiger partial charge on any atom is -0.352 e. The zero-order valence-electron chi connectivity index (χ0n) is 15.2. The molecule has 2 aromatic rings. The van der Waals surface area contributed by atoms with E-state index in [1.165, 1.54) is 12.0 Å². The lowest BCUT2D eigenvalue weighted by atomic mass is 10.1. The van der Waals surface area contributed by atoms with Crippen molar-refractivity contribution in [1.82, 2.24) is 15.2 Å². The van der Waals surface area contributed by atoms with E-state index >= 15 is 0 Å². The summed E-state index contributed by atoms with van der Waals surface area (Å²) in [6.45, 7) is 7.88. The molecule has 1 aliphatic heterocycles. The Hall–Kier alpha value is -2.20. The van der Waals surface area contributed by atoms with Crippen LogP contribution in [-0.2, 0) is 6.54 Å². The molecule has 1 fully saturated rings. The molecule has 2 heterocycles. The number of pyridine rings is 1. The number of aryl methyl sites for hydroxylation is 2. The summed E-state index contributed by atoms with van der Waals surface area (Å²) in [7, 11) is 0. The molecule has 4 nitrogen and oxygen atoms in total. The van der Waals surface area contributed by atoms with Crippen LogP contribution >= 0.6 is 0 Å². The summed E-state index contributed by atoms with van der Waals surface area (Å²) in [5.41, 5.74) is 3.86. The highest BCUT2D eigenvalue weighted by Crippen LogP contribution is 2.21. The van der Waals surface area contributed by atoms with Gasteiger partial charge in [0.05, 0.1) is 0 Å². The van der Waals surface area contributed by atoms with Gasteiger partial charge in [-0.25, -0.2) is 0 Å². The number of nitrogens with one attached hydrogen (secondary N) is 1. The van der Waals surface area contributed by atoms with E-state index in [1.807, 2.05) is 26.0 Å². The van der Waals surface area contributed by atoms with E-state index in [2.05, 4.69) is 45.5 Å². The highest BCUT2D eigenvalue weighted by atomic mass is 16.1. The first-order chi connectivity index (χ1) is 12.1. The standard InChI is InChI=1S/C21H27N3O/c1-16-12-20(13-17(2)23-16)21(25)22-10-8-19-9-11-24(15-19)14-18-6-4-3-5-7-18/h3-7,12-13,19H,8-11,14-15H2,1-2H3,(H,22,25)/t19-/m0/s1. The minimum absolute atomic E-state index is 0.00717. The van der Waals surface area contributed by atoms with Crippen molar-refractivity contribution in [3.8, 4) is 0 Å². The predicted molar refractivity (Wildman–Crippen MR) is 100 cm³/mol. The van der Waals surface area contributed by atoms with Gasteiger partial charge in [-0.2, -0.15) is 0 Å². The number of hydrogen-bond acceptors (Lipinski definition) is 3. The average molecular weight is 337 g/mol. The first kappa shape index (κ1) is 17.6. The summed E-state index contributed by atoms with van der Waals surface area (Å²) < 4.78 is 0. The Morgan fingerprint density at radius 3 is 2.64 bits per heavy atom. The Balaban J connectivity index is 1.41. The van der Waals surface area contributed by atoms with Gasteiger partial charge in [0.15, 0.2) is 0 Å². The fourth-order valence-corrected chi connectivity index (χ4v) is 3.59. The van der Waals surface area contributed by atoms with E-state index in [9.17, 15) is 4.79 Å². The second kappa shape index (κ2) is 8.26. The van der Waals surface area contributed by atoms with Gasteiger partial charge in [-0.3, -0.25) is 14.7 Å². The average Bonchev–Trinajstić information content (AvgIpc) is 3.02. The SMILES string of the molecule is Cc1cc(C(=O)NCC[C@H]2CCN(Cc3ccccc3)C2)cc(C)n1. The summed E-state index contributed by atoms with van der Waals surface area (Å²) in [4.78, 5) is 19.1. The topological polar surface area (TPSA) is 45.2 Å². The summed E-state index contributed by atoms with van der Waals surface area (Å²) in [5.74, 6) is 0.678. The molecule has 0 aliphatic carbocycles. The lowest BCUT2D eigenvalue weighted by Crippen LogP contribution is -2.27. The first-order valence-corrected chi connectivity index (χ1v) is 9.10. The van der Waals surface area contributed by atoms with Crippen molar-refractivity contribution < 1.29 is 4.79 Å². The molecule has 1 saturated heterocycles. The fourth-order valence-electron chi connectivity index (χ4n) is 3.59. The van der Waals surface area contributed by atoms with Gasteiger partial charge in [0.2, 0.25) is 0 Å². The normalized spacial score (nSPS) is 17.6. The van der Waals surface area contributed by atoms with E-state index in [-0.39, 0.29) is 5.91 Å². The van der Waals surface area contributed by atoms with Gasteiger partial charge in [-0.15, -0.1) is 0 Å². The number of hydrogen-bond donors (Lipinski definition) is 1. The molecule has 25 heavy (non-hydrogen) atoms. The van der Waals surface area contributed by atoms with Gasteiger partial charge in [0.1, 0.15) is 0 Å². The van der Waals surface area contributed by atoms with E-state index in [4.69, 9.17) is 0 Å². The summed E-state index contributed by atoms with van der Waals surface area (Å²) in [5, 5.41) is 3.06. The largest absolute Gasteiger partial charge is 0.352 e. The van der Waals surface area contributed by atoms with Crippen molar-refractivity contribution in [3.05, 3.63) is 65.0 Å². The van der Waals surface area contributed by atoms with Crippen LogP contribution in [0.1, 0.15) is 40.2 Å². The molecule has 0 saturated carbocycles. The zero-order chi connectivity index (χ0) is 17.6. The molecule has 4 heteroatoms. The molecule has 0 spiro atoms. The molecule has 132 valence electrons. The van der Waals surface area contributed by atoms with Gasteiger partial charge in [-0.05, 0) is 56.8 Å². The molecule has 1 amide bonds. The Bertz CT molecular complexity index is 694. The number of benzene rings is 1. The van der Waals surface area contributed by atoms with Crippen LogP contribution < -0.4 is 5.32 Å². The van der Waals surface area contributed by atoms with Crippen LogP contribution in [0.2, 0.25) is 0 Å². The Morgan fingerprint density at radius 2 is 1.92 bits per heavy atom. The number of rotatable bonds is 6. The van der Waals surface area contributed by atoms with Crippen LogP contribution in [0.25, 0.3) is 0 Å². The molecule has 1 N–H and O–H groups in total. The zero-order valence-corrected chi connectivity index (χ0v) is 15.2. The molecule has 1 aromatic carbocycles. The van der Waals surface area contributed by atoms with Crippen LogP contribution in [-0.4, -0.2) is 35.4 Å². The Morgan fingerprint density at radius 1 is 1.20 bits per heavy atom. The third kappa shape index (κ3) is 5.13.